The van der Waals surface area contributed by atoms with E-state index >= 15 is 0 Å². The Morgan fingerprint density at radius 1 is 1.21 bits per heavy atom. The first-order chi connectivity index (χ1) is 9.13. The summed E-state index contributed by atoms with van der Waals surface area (Å²) in [5, 5.41) is 9.47. The minimum atomic E-state index is -0.738. The monoisotopic (exact) mass is 261 g/mol. The number of rotatable bonds is 5. The first-order valence-corrected chi connectivity index (χ1v) is 7.20. The Bertz CT molecular complexity index is 421. The fraction of sp³-hybridized carbons (Fsp3) is 0.562. The van der Waals surface area contributed by atoms with E-state index in [1.165, 1.54) is 5.56 Å². The van der Waals surface area contributed by atoms with Crippen LogP contribution in [0.2, 0.25) is 0 Å². The van der Waals surface area contributed by atoms with Crippen molar-refractivity contribution < 1.29 is 9.90 Å². The first kappa shape index (κ1) is 14.1. The molecular weight excluding hydrogens is 238 g/mol. The van der Waals surface area contributed by atoms with E-state index < -0.39 is 12.0 Å². The Morgan fingerprint density at radius 3 is 2.21 bits per heavy atom. The van der Waals surface area contributed by atoms with Gasteiger partial charge in [0.25, 0.3) is 0 Å². The second kappa shape index (κ2) is 6.20. The number of hydrogen-bond acceptors (Lipinski definition) is 2. The van der Waals surface area contributed by atoms with E-state index in [9.17, 15) is 9.90 Å². The molecule has 1 aliphatic rings. The van der Waals surface area contributed by atoms with Gasteiger partial charge in [0.1, 0.15) is 6.04 Å². The maximum Gasteiger partial charge on any atom is 0.325 e. The second-order valence-corrected chi connectivity index (χ2v) is 5.46. The SMILES string of the molecule is CCC(C)c1ccc(C(C(=O)O)N2CCCC2)cc1. The van der Waals surface area contributed by atoms with E-state index in [4.69, 9.17) is 0 Å². The van der Waals surface area contributed by atoms with Gasteiger partial charge >= 0.3 is 5.97 Å². The van der Waals surface area contributed by atoms with Crippen LogP contribution >= 0.6 is 0 Å². The molecule has 1 aliphatic heterocycles. The quantitative estimate of drug-likeness (QED) is 0.883. The van der Waals surface area contributed by atoms with Crippen molar-refractivity contribution in [2.75, 3.05) is 13.1 Å². The van der Waals surface area contributed by atoms with Crippen LogP contribution < -0.4 is 0 Å². The van der Waals surface area contributed by atoms with Crippen molar-refractivity contribution in [1.29, 1.82) is 0 Å². The molecule has 0 aromatic heterocycles. The summed E-state index contributed by atoms with van der Waals surface area (Å²) in [5.74, 6) is -0.206. The highest BCUT2D eigenvalue weighted by Gasteiger charge is 2.29. The van der Waals surface area contributed by atoms with E-state index in [1.54, 1.807) is 0 Å². The minimum Gasteiger partial charge on any atom is -0.480 e. The number of carboxylic acid groups (broad SMARTS) is 1. The van der Waals surface area contributed by atoms with Gasteiger partial charge in [0.05, 0.1) is 0 Å². The Hall–Kier alpha value is -1.35. The molecule has 0 saturated carbocycles. The van der Waals surface area contributed by atoms with E-state index in [0.717, 1.165) is 37.9 Å². The zero-order chi connectivity index (χ0) is 13.8. The van der Waals surface area contributed by atoms with Crippen LogP contribution in [0.5, 0.6) is 0 Å². The molecule has 2 rings (SSSR count). The molecule has 1 aromatic carbocycles. The second-order valence-electron chi connectivity index (χ2n) is 5.46. The molecule has 19 heavy (non-hydrogen) atoms. The maximum absolute atomic E-state index is 11.5. The molecule has 104 valence electrons. The molecule has 0 aliphatic carbocycles. The molecule has 2 unspecified atom stereocenters. The highest BCUT2D eigenvalue weighted by atomic mass is 16.4. The minimum absolute atomic E-state index is 0.478. The number of nitrogens with zero attached hydrogens (tertiary/aromatic N) is 1. The largest absolute Gasteiger partial charge is 0.480 e. The molecule has 1 N–H and O–H groups in total. The zero-order valence-electron chi connectivity index (χ0n) is 11.8. The average Bonchev–Trinajstić information content (AvgIpc) is 2.92. The smallest absolute Gasteiger partial charge is 0.325 e. The van der Waals surface area contributed by atoms with Gasteiger partial charge in [-0.05, 0) is 49.4 Å². The average molecular weight is 261 g/mol. The third kappa shape index (κ3) is 3.16. The molecule has 1 heterocycles. The molecule has 3 nitrogen and oxygen atoms in total. The van der Waals surface area contributed by atoms with E-state index in [0.29, 0.717) is 5.92 Å². The van der Waals surface area contributed by atoms with Crippen LogP contribution in [0.4, 0.5) is 0 Å². The highest BCUT2D eigenvalue weighted by Crippen LogP contribution is 2.27. The molecule has 2 atom stereocenters. The lowest BCUT2D eigenvalue weighted by molar-refractivity contribution is -0.143. The zero-order valence-corrected chi connectivity index (χ0v) is 11.8. The van der Waals surface area contributed by atoms with Crippen LogP contribution in [0.3, 0.4) is 0 Å². The van der Waals surface area contributed by atoms with Crippen LogP contribution in [0.15, 0.2) is 24.3 Å². The fourth-order valence-corrected chi connectivity index (χ4v) is 2.75. The van der Waals surface area contributed by atoms with Crippen LogP contribution in [0, 0.1) is 0 Å². The Labute approximate surface area is 115 Å². The van der Waals surface area contributed by atoms with Gasteiger partial charge < -0.3 is 5.11 Å². The van der Waals surface area contributed by atoms with Gasteiger partial charge in [-0.1, -0.05) is 38.1 Å². The van der Waals surface area contributed by atoms with Gasteiger partial charge in [-0.3, -0.25) is 9.69 Å². The number of carbonyl (C=O) groups is 1. The first-order valence-electron chi connectivity index (χ1n) is 7.20. The van der Waals surface area contributed by atoms with Crippen molar-refractivity contribution in [3.63, 3.8) is 0 Å². The predicted octanol–water partition coefficient (Wildman–Crippen LogP) is 3.42. The van der Waals surface area contributed by atoms with Crippen molar-refractivity contribution in [1.82, 2.24) is 4.90 Å². The van der Waals surface area contributed by atoms with Crippen molar-refractivity contribution >= 4 is 5.97 Å². The lowest BCUT2D eigenvalue weighted by Crippen LogP contribution is -2.31. The van der Waals surface area contributed by atoms with E-state index in [-0.39, 0.29) is 0 Å². The summed E-state index contributed by atoms with van der Waals surface area (Å²) in [4.78, 5) is 13.6. The summed E-state index contributed by atoms with van der Waals surface area (Å²) in [6.45, 7) is 6.15. The summed E-state index contributed by atoms with van der Waals surface area (Å²) in [6, 6.07) is 7.65. The van der Waals surface area contributed by atoms with Crippen LogP contribution in [-0.4, -0.2) is 29.1 Å². The fourth-order valence-electron chi connectivity index (χ4n) is 2.75. The van der Waals surface area contributed by atoms with Gasteiger partial charge in [-0.2, -0.15) is 0 Å². The molecular formula is C16H23NO2. The van der Waals surface area contributed by atoms with Gasteiger partial charge in [0.2, 0.25) is 0 Å². The van der Waals surface area contributed by atoms with Crippen molar-refractivity contribution in [3.8, 4) is 0 Å². The Kier molecular flexibility index (Phi) is 4.59. The number of hydrogen-bond donors (Lipinski definition) is 1. The number of benzene rings is 1. The molecule has 1 saturated heterocycles. The van der Waals surface area contributed by atoms with E-state index in [1.807, 2.05) is 12.1 Å². The highest BCUT2D eigenvalue weighted by molar-refractivity contribution is 5.75. The Balaban J connectivity index is 2.20. The van der Waals surface area contributed by atoms with Crippen LogP contribution in [0.1, 0.15) is 56.2 Å². The lowest BCUT2D eigenvalue weighted by atomic mass is 9.95. The summed E-state index contributed by atoms with van der Waals surface area (Å²) < 4.78 is 0. The standard InChI is InChI=1S/C16H23NO2/c1-3-12(2)13-6-8-14(9-7-13)15(16(18)19)17-10-4-5-11-17/h6-9,12,15H,3-5,10-11H2,1-2H3,(H,18,19). The summed E-state index contributed by atoms with van der Waals surface area (Å²) in [6.07, 6.45) is 3.32. The third-order valence-electron chi connectivity index (χ3n) is 4.17. The molecule has 0 bridgehead atoms. The number of likely N-dealkylation sites (tertiary alicyclic amines) is 1. The van der Waals surface area contributed by atoms with Gasteiger partial charge in [0, 0.05) is 0 Å². The van der Waals surface area contributed by atoms with Crippen molar-refractivity contribution in [2.24, 2.45) is 0 Å². The van der Waals surface area contributed by atoms with Crippen LogP contribution in [-0.2, 0) is 4.79 Å². The maximum atomic E-state index is 11.5. The predicted molar refractivity (Wildman–Crippen MR) is 76.3 cm³/mol. The lowest BCUT2D eigenvalue weighted by Gasteiger charge is -2.24. The van der Waals surface area contributed by atoms with Gasteiger partial charge in [0.15, 0.2) is 0 Å². The summed E-state index contributed by atoms with van der Waals surface area (Å²) >= 11 is 0. The Morgan fingerprint density at radius 2 is 1.74 bits per heavy atom. The molecule has 0 spiro atoms. The number of aliphatic carboxylic acids is 1. The summed E-state index contributed by atoms with van der Waals surface area (Å²) in [7, 11) is 0. The van der Waals surface area contributed by atoms with Gasteiger partial charge in [-0.25, -0.2) is 0 Å². The number of carboxylic acids is 1. The summed E-state index contributed by atoms with van der Waals surface area (Å²) in [5.41, 5.74) is 2.19. The molecule has 3 heteroatoms. The van der Waals surface area contributed by atoms with E-state index in [2.05, 4.69) is 30.9 Å². The van der Waals surface area contributed by atoms with Gasteiger partial charge in [-0.15, -0.1) is 0 Å². The van der Waals surface area contributed by atoms with Crippen molar-refractivity contribution in [3.05, 3.63) is 35.4 Å². The third-order valence-corrected chi connectivity index (χ3v) is 4.17. The topological polar surface area (TPSA) is 40.5 Å². The van der Waals surface area contributed by atoms with Crippen molar-refractivity contribution in [2.45, 2.75) is 45.1 Å². The molecule has 0 radical (unpaired) electrons. The molecule has 0 amide bonds. The molecule has 1 fully saturated rings. The molecule has 1 aromatic rings. The normalized spacial score (nSPS) is 19.3. The van der Waals surface area contributed by atoms with Crippen LogP contribution in [0.25, 0.3) is 0 Å².